The van der Waals surface area contributed by atoms with Gasteiger partial charge in [0.15, 0.2) is 11.5 Å². The molecular weight excluding hydrogens is 769 g/mol. The van der Waals surface area contributed by atoms with Crippen LogP contribution in [0.1, 0.15) is 163 Å². The Morgan fingerprint density at radius 1 is 0.793 bits per heavy atom. The quantitative estimate of drug-likeness (QED) is 0.136. The zero-order chi connectivity index (χ0) is 41.9. The van der Waals surface area contributed by atoms with E-state index in [1.807, 2.05) is 6.08 Å². The van der Waals surface area contributed by atoms with Crippen molar-refractivity contribution in [1.82, 2.24) is 5.32 Å². The van der Waals surface area contributed by atoms with Crippen molar-refractivity contribution in [3.05, 3.63) is 62.6 Å². The minimum atomic E-state index is -1.18. The van der Waals surface area contributed by atoms with Gasteiger partial charge in [0.1, 0.15) is 11.1 Å². The van der Waals surface area contributed by atoms with Crippen LogP contribution in [0.3, 0.4) is 0 Å². The van der Waals surface area contributed by atoms with Gasteiger partial charge in [0.05, 0.1) is 24.3 Å². The molecule has 3 N–H and O–H groups in total. The van der Waals surface area contributed by atoms with E-state index in [0.29, 0.717) is 40.0 Å². The number of rotatable bonds is 17. The van der Waals surface area contributed by atoms with Crippen LogP contribution in [-0.2, 0) is 0 Å². The van der Waals surface area contributed by atoms with E-state index in [9.17, 15) is 19.8 Å². The number of ether oxygens (including phenoxy) is 2. The van der Waals surface area contributed by atoms with Crippen LogP contribution in [0, 0.1) is 52.3 Å². The largest absolute Gasteiger partial charge is 0.494 e. The van der Waals surface area contributed by atoms with Crippen LogP contribution in [0.2, 0.25) is 10.0 Å². The predicted octanol–water partition coefficient (Wildman–Crippen LogP) is 13.1. The fourth-order valence-electron chi connectivity index (χ4n) is 12.9. The Labute approximate surface area is 358 Å². The molecule has 0 bridgehead atoms. The summed E-state index contributed by atoms with van der Waals surface area (Å²) < 4.78 is 10.6. The monoisotopic (exact) mass is 837 g/mol. The van der Waals surface area contributed by atoms with E-state index in [-0.39, 0.29) is 32.7 Å². The van der Waals surface area contributed by atoms with Crippen LogP contribution < -0.4 is 14.8 Å². The fourth-order valence-corrected chi connectivity index (χ4v) is 13.5. The average Bonchev–Trinajstić information content (AvgIpc) is 3.54. The summed E-state index contributed by atoms with van der Waals surface area (Å²) in [7, 11) is 2.76. The number of methoxy groups -OCH3 is 2. The van der Waals surface area contributed by atoms with Gasteiger partial charge in [-0.3, -0.25) is 0 Å². The highest BCUT2D eigenvalue weighted by molar-refractivity contribution is 6.33. The van der Waals surface area contributed by atoms with Gasteiger partial charge in [-0.2, -0.15) is 0 Å². The molecule has 4 aliphatic rings. The zero-order valence-corrected chi connectivity index (χ0v) is 37.6. The third-order valence-electron chi connectivity index (χ3n) is 15.9. The highest BCUT2D eigenvalue weighted by Crippen LogP contribution is 2.68. The molecule has 2 unspecified atom stereocenters. The molecule has 0 aliphatic heterocycles. The summed E-state index contributed by atoms with van der Waals surface area (Å²) in [6.45, 7) is 13.7. The lowest BCUT2D eigenvalue weighted by Crippen LogP contribution is -2.55. The Kier molecular flexibility index (Phi) is 14.6. The van der Waals surface area contributed by atoms with Crippen LogP contribution in [0.25, 0.3) is 5.57 Å². The first-order chi connectivity index (χ1) is 27.6. The molecule has 0 aromatic heterocycles. The lowest BCUT2D eigenvalue weighted by molar-refractivity contribution is -0.118. The molecule has 4 saturated carbocycles. The Hall–Kier alpha value is -2.74. The van der Waals surface area contributed by atoms with Crippen molar-refractivity contribution in [3.63, 3.8) is 0 Å². The molecule has 4 fully saturated rings. The molecule has 4 aliphatic carbocycles. The molecule has 6 rings (SSSR count). The minimum absolute atomic E-state index is 0.0694. The molecule has 0 radical (unpaired) electrons. The van der Waals surface area contributed by atoms with Crippen molar-refractivity contribution in [2.75, 3.05) is 20.8 Å². The van der Waals surface area contributed by atoms with Crippen molar-refractivity contribution >= 4 is 40.7 Å². The number of hydrogen-bond acceptors (Lipinski definition) is 5. The molecule has 2 aromatic carbocycles. The van der Waals surface area contributed by atoms with Gasteiger partial charge in [-0.15, -0.1) is 0 Å². The topological polar surface area (TPSA) is 105 Å². The molecule has 58 heavy (non-hydrogen) atoms. The van der Waals surface area contributed by atoms with Gasteiger partial charge in [0.2, 0.25) is 0 Å². The van der Waals surface area contributed by atoms with Crippen molar-refractivity contribution in [2.24, 2.45) is 52.3 Å². The van der Waals surface area contributed by atoms with Gasteiger partial charge in [0, 0.05) is 6.04 Å². The predicted molar refractivity (Wildman–Crippen MR) is 236 cm³/mol. The summed E-state index contributed by atoms with van der Waals surface area (Å²) >= 11 is 13.1. The van der Waals surface area contributed by atoms with Crippen molar-refractivity contribution in [3.8, 4) is 11.5 Å². The van der Waals surface area contributed by atoms with Crippen molar-refractivity contribution in [2.45, 2.75) is 137 Å². The number of carbonyl (C=O) groups is 2. The third kappa shape index (κ3) is 9.12. The van der Waals surface area contributed by atoms with E-state index in [1.165, 1.54) is 103 Å². The van der Waals surface area contributed by atoms with Crippen LogP contribution in [0.4, 0.5) is 0 Å². The second-order valence-electron chi connectivity index (χ2n) is 19.4. The smallest absolute Gasteiger partial charge is 0.339 e. The van der Waals surface area contributed by atoms with Gasteiger partial charge in [-0.25, -0.2) is 9.59 Å². The zero-order valence-electron chi connectivity index (χ0n) is 36.1. The number of benzene rings is 2. The van der Waals surface area contributed by atoms with Gasteiger partial charge < -0.3 is 25.0 Å². The highest BCUT2D eigenvalue weighted by atomic mass is 35.5. The Morgan fingerprint density at radius 3 is 1.98 bits per heavy atom. The maximum atomic E-state index is 12.2. The molecule has 9 heteroatoms. The maximum absolute atomic E-state index is 12.2. The van der Waals surface area contributed by atoms with E-state index >= 15 is 0 Å². The Bertz CT molecular complexity index is 1750. The first-order valence-corrected chi connectivity index (χ1v) is 23.0. The minimum Gasteiger partial charge on any atom is -0.494 e. The van der Waals surface area contributed by atoms with Crippen LogP contribution in [0.15, 0.2) is 30.3 Å². The fraction of sp³-hybridized carbons (Fsp3) is 0.673. The highest BCUT2D eigenvalue weighted by Gasteiger charge is 2.60. The van der Waals surface area contributed by atoms with Crippen molar-refractivity contribution in [1.29, 1.82) is 0 Å². The van der Waals surface area contributed by atoms with E-state index in [4.69, 9.17) is 32.7 Å². The second-order valence-corrected chi connectivity index (χ2v) is 20.2. The molecule has 0 saturated heterocycles. The second kappa shape index (κ2) is 18.9. The van der Waals surface area contributed by atoms with Crippen molar-refractivity contribution < 1.29 is 29.3 Å². The summed E-state index contributed by atoms with van der Waals surface area (Å²) in [5, 5.41) is 24.2. The molecule has 2 aromatic rings. The van der Waals surface area contributed by atoms with E-state index in [0.717, 1.165) is 60.8 Å². The summed E-state index contributed by atoms with van der Waals surface area (Å²) in [6.07, 6.45) is 21.3. The van der Waals surface area contributed by atoms with Gasteiger partial charge >= 0.3 is 11.9 Å². The van der Waals surface area contributed by atoms with E-state index in [2.05, 4.69) is 39.9 Å². The van der Waals surface area contributed by atoms with Gasteiger partial charge in [-0.1, -0.05) is 83.2 Å². The van der Waals surface area contributed by atoms with Crippen LogP contribution in [0.5, 0.6) is 11.5 Å². The standard InChI is InChI=1S/C49H69Cl2NO6/c1-29(2)12-11-13-30(3)39-17-18-40-36-16-15-33-28-34(19-21-48(33,4)41(36)20-22-49(39,40)5)52-23-10-8-9-14-35(31-24-37(46(53)54)44(57-6)42(50)26-31)32-25-38(47(55)56)45(58-7)43(51)27-32/h14,24-27,29-30,33-34,36,39-41,52H,8-13,15-23,28H2,1-7H3,(H,53,54)(H,55,56)/t30-,33?,34?,36+,39-,40+,41+,48+,49-/m1/s1. The number of aromatic carboxylic acids is 2. The molecule has 0 heterocycles. The molecule has 9 atom stereocenters. The van der Waals surface area contributed by atoms with Crippen LogP contribution in [-0.4, -0.2) is 49.0 Å². The summed E-state index contributed by atoms with van der Waals surface area (Å²) in [6, 6.07) is 6.88. The first-order valence-electron chi connectivity index (χ1n) is 22.3. The average molecular weight is 839 g/mol. The third-order valence-corrected chi connectivity index (χ3v) is 16.4. The van der Waals surface area contributed by atoms with Crippen LogP contribution >= 0.6 is 23.2 Å². The summed E-state index contributed by atoms with van der Waals surface area (Å²) in [5.41, 5.74) is 2.55. The number of hydrogen-bond donors (Lipinski definition) is 3. The van der Waals surface area contributed by atoms with E-state index in [1.54, 1.807) is 12.1 Å². The van der Waals surface area contributed by atoms with E-state index < -0.39 is 11.9 Å². The number of allylic oxidation sites excluding steroid dienone is 1. The Balaban J connectivity index is 1.07. The number of nitrogens with one attached hydrogen (secondary N) is 1. The molecular formula is C49H69Cl2NO6. The van der Waals surface area contributed by atoms with Gasteiger partial charge in [0.25, 0.3) is 0 Å². The first kappa shape index (κ1) is 44.8. The number of fused-ring (bicyclic) bond motifs is 5. The van der Waals surface area contributed by atoms with Gasteiger partial charge in [-0.05, 0) is 177 Å². The molecule has 320 valence electrons. The molecule has 0 spiro atoms. The Morgan fingerprint density at radius 2 is 1.40 bits per heavy atom. The normalized spacial score (nSPS) is 29.6. The number of unbranched alkanes of at least 4 members (excludes halogenated alkanes) is 2. The maximum Gasteiger partial charge on any atom is 0.339 e. The SMILES string of the molecule is COc1c(Cl)cc(C(=CCCCCNC2CC[C@@]3(C)C(CC[C@H]4[C@@H]5CC[C@H]([C@H](C)CCCC(C)C)[C@@]5(C)CC[C@@H]43)C2)c2cc(Cl)c(OC)c(C(=O)O)c2)cc1C(=O)O. The number of carboxylic acids is 2. The number of halogens is 2. The lowest BCUT2D eigenvalue weighted by atomic mass is 9.44. The number of carboxylic acid groups (broad SMARTS) is 2. The summed E-state index contributed by atoms with van der Waals surface area (Å²) in [4.78, 5) is 24.4. The molecule has 7 nitrogen and oxygen atoms in total. The lowest BCUT2D eigenvalue weighted by Gasteiger charge is -2.61. The molecule has 0 amide bonds. The summed E-state index contributed by atoms with van der Waals surface area (Å²) in [5.74, 6) is 3.91.